The summed E-state index contributed by atoms with van der Waals surface area (Å²) in [6, 6.07) is 15.2. The number of hydrogen-bond donors (Lipinski definition) is 2. The third-order valence-electron chi connectivity index (χ3n) is 3.05. The lowest BCUT2D eigenvalue weighted by atomic mass is 10.1. The maximum Gasteiger partial charge on any atom is 0.238 e. The summed E-state index contributed by atoms with van der Waals surface area (Å²) in [5.41, 5.74) is 1.35. The molecule has 0 unspecified atom stereocenters. The molecule has 0 bridgehead atoms. The zero-order valence-electron chi connectivity index (χ0n) is 11.8. The van der Waals surface area contributed by atoms with Crippen molar-refractivity contribution in [3.05, 3.63) is 70.5 Å². The van der Waals surface area contributed by atoms with Crippen molar-refractivity contribution >= 4 is 29.1 Å². The smallest absolute Gasteiger partial charge is 0.238 e. The predicted molar refractivity (Wildman–Crippen MR) is 86.5 cm³/mol. The van der Waals surface area contributed by atoms with E-state index in [0.29, 0.717) is 10.7 Å². The molecular formula is C15H12ClN6O-. The highest BCUT2D eigenvalue weighted by molar-refractivity contribution is 6.30. The van der Waals surface area contributed by atoms with Gasteiger partial charge in [-0.3, -0.25) is 20.2 Å². The summed E-state index contributed by atoms with van der Waals surface area (Å²) in [5.74, 6) is -0.187. The van der Waals surface area contributed by atoms with E-state index in [1.807, 2.05) is 30.3 Å². The molecule has 116 valence electrons. The van der Waals surface area contributed by atoms with Gasteiger partial charge in [-0.05, 0) is 29.8 Å². The number of amides is 1. The van der Waals surface area contributed by atoms with Gasteiger partial charge in [0.15, 0.2) is 0 Å². The van der Waals surface area contributed by atoms with Gasteiger partial charge in [-0.15, -0.1) is 5.21 Å². The Morgan fingerprint density at radius 1 is 1.13 bits per heavy atom. The molecule has 0 saturated heterocycles. The molecule has 1 amide bonds. The minimum Gasteiger partial charge on any atom is -0.373 e. The van der Waals surface area contributed by atoms with Crippen molar-refractivity contribution in [3.63, 3.8) is 0 Å². The molecule has 7 nitrogen and oxygen atoms in total. The highest BCUT2D eigenvalue weighted by atomic mass is 35.5. The molecule has 2 N–H and O–H groups in total. The van der Waals surface area contributed by atoms with Crippen LogP contribution in [-0.2, 0) is 4.79 Å². The first-order valence-electron chi connectivity index (χ1n) is 6.78. The number of anilines is 1. The Labute approximate surface area is 137 Å². The van der Waals surface area contributed by atoms with Crippen molar-refractivity contribution in [3.8, 4) is 0 Å². The average Bonchev–Trinajstić information content (AvgIpc) is 3.09. The summed E-state index contributed by atoms with van der Waals surface area (Å²) < 4.78 is 0. The van der Waals surface area contributed by atoms with Gasteiger partial charge in [0, 0.05) is 10.7 Å². The molecule has 2 aromatic carbocycles. The van der Waals surface area contributed by atoms with Crippen LogP contribution in [0.15, 0.2) is 54.6 Å². The SMILES string of the molecule is O=C(Nc1ccc(Cl)cc1)[C@H]([N-]c1nn[nH]n1)c1ccccc1. The molecule has 8 heteroatoms. The largest absolute Gasteiger partial charge is 0.373 e. The summed E-state index contributed by atoms with van der Waals surface area (Å²) in [6.45, 7) is 0. The number of H-pyrrole nitrogens is 1. The fourth-order valence-electron chi connectivity index (χ4n) is 1.99. The van der Waals surface area contributed by atoms with Gasteiger partial charge in [0.2, 0.25) is 5.91 Å². The molecule has 1 heterocycles. The number of carbonyl (C=O) groups is 1. The average molecular weight is 328 g/mol. The van der Waals surface area contributed by atoms with Crippen molar-refractivity contribution in [2.45, 2.75) is 6.04 Å². The second-order valence-electron chi connectivity index (χ2n) is 4.65. The standard InChI is InChI=1S/C15H13ClN6O/c16-11-6-8-12(9-7-11)17-14(23)13(10-4-2-1-3-5-10)18-15-19-21-22-20-15/h1-9,13H,(H3,17,18,19,20,21,22,23)/p-1/t13-/m1/s1. The minimum atomic E-state index is -0.788. The Bertz CT molecular complexity index is 760. The number of benzene rings is 2. The third kappa shape index (κ3) is 3.83. The Balaban J connectivity index is 1.82. The second-order valence-corrected chi connectivity index (χ2v) is 5.09. The monoisotopic (exact) mass is 327 g/mol. The lowest BCUT2D eigenvalue weighted by Gasteiger charge is -2.21. The van der Waals surface area contributed by atoms with Crippen LogP contribution >= 0.6 is 11.6 Å². The minimum absolute atomic E-state index is 0.116. The van der Waals surface area contributed by atoms with Crippen molar-refractivity contribution in [2.24, 2.45) is 0 Å². The molecule has 3 aromatic rings. The summed E-state index contributed by atoms with van der Waals surface area (Å²) in [5, 5.41) is 20.9. The zero-order valence-corrected chi connectivity index (χ0v) is 12.6. The number of aromatic amines is 1. The van der Waals surface area contributed by atoms with Gasteiger partial charge in [-0.2, -0.15) is 0 Å². The van der Waals surface area contributed by atoms with Crippen LogP contribution in [-0.4, -0.2) is 26.5 Å². The van der Waals surface area contributed by atoms with E-state index < -0.39 is 6.04 Å². The third-order valence-corrected chi connectivity index (χ3v) is 3.31. The van der Waals surface area contributed by atoms with E-state index in [1.165, 1.54) is 0 Å². The van der Waals surface area contributed by atoms with Crippen molar-refractivity contribution in [2.75, 3.05) is 5.32 Å². The van der Waals surface area contributed by atoms with Gasteiger partial charge in [0.25, 0.3) is 0 Å². The molecule has 0 aliphatic rings. The van der Waals surface area contributed by atoms with Gasteiger partial charge < -0.3 is 10.6 Å². The fourth-order valence-corrected chi connectivity index (χ4v) is 2.12. The Kier molecular flexibility index (Phi) is 4.49. The molecule has 3 rings (SSSR count). The number of carbonyl (C=O) groups excluding carboxylic acids is 1. The number of nitrogens with zero attached hydrogens (tertiary/aromatic N) is 4. The van der Waals surface area contributed by atoms with Gasteiger partial charge in [0.1, 0.15) is 0 Å². The molecule has 0 aliphatic heterocycles. The topological polar surface area (TPSA) is 97.7 Å². The van der Waals surface area contributed by atoms with E-state index in [2.05, 4.69) is 31.3 Å². The molecule has 1 atom stereocenters. The number of rotatable bonds is 5. The van der Waals surface area contributed by atoms with Crippen LogP contribution < -0.4 is 5.32 Å². The van der Waals surface area contributed by atoms with Gasteiger partial charge in [-0.1, -0.05) is 41.9 Å². The van der Waals surface area contributed by atoms with Crippen LogP contribution in [0.4, 0.5) is 11.6 Å². The van der Waals surface area contributed by atoms with Crippen molar-refractivity contribution in [1.82, 2.24) is 20.6 Å². The first-order chi connectivity index (χ1) is 11.2. The normalized spacial score (nSPS) is 11.7. The molecular weight excluding hydrogens is 316 g/mol. The number of halogens is 1. The lowest BCUT2D eigenvalue weighted by Crippen LogP contribution is -2.20. The van der Waals surface area contributed by atoms with E-state index in [4.69, 9.17) is 11.6 Å². The highest BCUT2D eigenvalue weighted by Crippen LogP contribution is 2.29. The molecule has 0 spiro atoms. The molecule has 0 aliphatic carbocycles. The molecule has 1 aromatic heterocycles. The van der Waals surface area contributed by atoms with E-state index >= 15 is 0 Å². The predicted octanol–water partition coefficient (Wildman–Crippen LogP) is 3.24. The summed E-state index contributed by atoms with van der Waals surface area (Å²) in [4.78, 5) is 12.6. The van der Waals surface area contributed by atoms with Crippen molar-refractivity contribution < 1.29 is 4.79 Å². The van der Waals surface area contributed by atoms with Crippen LogP contribution in [0.1, 0.15) is 11.6 Å². The van der Waals surface area contributed by atoms with Gasteiger partial charge in [0.05, 0.1) is 12.0 Å². The van der Waals surface area contributed by atoms with Gasteiger partial charge in [-0.25, -0.2) is 0 Å². The van der Waals surface area contributed by atoms with E-state index in [1.54, 1.807) is 24.3 Å². The summed E-state index contributed by atoms with van der Waals surface area (Å²) in [7, 11) is 0. The molecule has 0 fully saturated rings. The second kappa shape index (κ2) is 6.89. The number of aromatic nitrogens is 4. The summed E-state index contributed by atoms with van der Waals surface area (Å²) >= 11 is 5.84. The van der Waals surface area contributed by atoms with E-state index in [-0.39, 0.29) is 11.9 Å². The first kappa shape index (κ1) is 15.0. The zero-order chi connectivity index (χ0) is 16.1. The number of tetrazole rings is 1. The van der Waals surface area contributed by atoms with Gasteiger partial charge >= 0.3 is 0 Å². The quantitative estimate of drug-likeness (QED) is 0.751. The van der Waals surface area contributed by atoms with E-state index in [0.717, 1.165) is 5.56 Å². The maximum absolute atomic E-state index is 12.6. The lowest BCUT2D eigenvalue weighted by molar-refractivity contribution is -0.116. The van der Waals surface area contributed by atoms with Crippen LogP contribution in [0.25, 0.3) is 5.32 Å². The van der Waals surface area contributed by atoms with Crippen LogP contribution in [0, 0.1) is 0 Å². The first-order valence-corrected chi connectivity index (χ1v) is 7.16. The molecule has 0 saturated carbocycles. The summed E-state index contributed by atoms with van der Waals surface area (Å²) in [6.07, 6.45) is 0. The number of nitrogens with one attached hydrogen (secondary N) is 2. The molecule has 23 heavy (non-hydrogen) atoms. The maximum atomic E-state index is 12.6. The van der Waals surface area contributed by atoms with Crippen molar-refractivity contribution in [1.29, 1.82) is 0 Å². The van der Waals surface area contributed by atoms with E-state index in [9.17, 15) is 4.79 Å². The Morgan fingerprint density at radius 3 is 2.52 bits per heavy atom. The molecule has 0 radical (unpaired) electrons. The Morgan fingerprint density at radius 2 is 1.87 bits per heavy atom. The van der Waals surface area contributed by atoms with Crippen LogP contribution in [0.3, 0.4) is 0 Å². The van der Waals surface area contributed by atoms with Crippen LogP contribution in [0.2, 0.25) is 5.02 Å². The number of hydrogen-bond acceptors (Lipinski definition) is 4. The highest BCUT2D eigenvalue weighted by Gasteiger charge is 2.18. The Hall–Kier alpha value is -2.93. The fraction of sp³-hybridized carbons (Fsp3) is 0.0667. The van der Waals surface area contributed by atoms with Crippen LogP contribution in [0.5, 0.6) is 0 Å².